The number of rotatable bonds is 6. The van der Waals surface area contributed by atoms with E-state index in [4.69, 9.17) is 9.47 Å². The molecule has 0 aliphatic carbocycles. The van der Waals surface area contributed by atoms with Crippen LogP contribution < -0.4 is 20.1 Å². The van der Waals surface area contributed by atoms with Crippen LogP contribution in [0.2, 0.25) is 0 Å². The number of methoxy groups -OCH3 is 2. The third-order valence-electron chi connectivity index (χ3n) is 3.63. The van der Waals surface area contributed by atoms with Crippen LogP contribution in [0.25, 0.3) is 0 Å². The van der Waals surface area contributed by atoms with Crippen molar-refractivity contribution in [1.82, 2.24) is 9.97 Å². The number of carbonyl (C=O) groups excluding carboxylic acids is 1. The monoisotopic (exact) mass is 368 g/mol. The van der Waals surface area contributed by atoms with Gasteiger partial charge in [0.05, 0.1) is 19.9 Å². The molecule has 8 heteroatoms. The van der Waals surface area contributed by atoms with E-state index in [0.29, 0.717) is 22.9 Å². The van der Waals surface area contributed by atoms with Crippen LogP contribution in [0.5, 0.6) is 11.5 Å². The second-order valence-electron chi connectivity index (χ2n) is 5.42. The number of anilines is 3. The minimum atomic E-state index is -0.442. The van der Waals surface area contributed by atoms with Crippen molar-refractivity contribution in [3.8, 4) is 11.5 Å². The van der Waals surface area contributed by atoms with Gasteiger partial charge in [-0.1, -0.05) is 6.07 Å². The molecular weight excluding hydrogens is 351 g/mol. The minimum Gasteiger partial charge on any atom is -0.497 e. The van der Waals surface area contributed by atoms with Gasteiger partial charge in [0.25, 0.3) is 5.91 Å². The number of carbonyl (C=O) groups is 1. The Morgan fingerprint density at radius 3 is 2.67 bits per heavy atom. The number of nitrogens with one attached hydrogen (secondary N) is 2. The summed E-state index contributed by atoms with van der Waals surface area (Å²) in [5.74, 6) is 0.405. The van der Waals surface area contributed by atoms with E-state index in [1.807, 2.05) is 0 Å². The second kappa shape index (κ2) is 8.13. The third-order valence-corrected chi connectivity index (χ3v) is 3.63. The van der Waals surface area contributed by atoms with E-state index in [1.54, 1.807) is 37.4 Å². The summed E-state index contributed by atoms with van der Waals surface area (Å²) in [4.78, 5) is 20.7. The van der Waals surface area contributed by atoms with Gasteiger partial charge in [-0.05, 0) is 36.4 Å². The number of hydrogen-bond donors (Lipinski definition) is 2. The van der Waals surface area contributed by atoms with Crippen LogP contribution in [-0.2, 0) is 0 Å². The SMILES string of the molecule is COc1ccc(NC(=O)c2ccnc(Nc3cccc(F)c3)n2)c(OC)c1. The first-order valence-electron chi connectivity index (χ1n) is 7.98. The van der Waals surface area contributed by atoms with E-state index < -0.39 is 5.91 Å². The lowest BCUT2D eigenvalue weighted by atomic mass is 10.2. The molecule has 0 unspecified atom stereocenters. The van der Waals surface area contributed by atoms with Crippen LogP contribution in [-0.4, -0.2) is 30.1 Å². The van der Waals surface area contributed by atoms with Crippen LogP contribution in [0, 0.1) is 5.82 Å². The van der Waals surface area contributed by atoms with E-state index >= 15 is 0 Å². The van der Waals surface area contributed by atoms with Gasteiger partial charge in [-0.2, -0.15) is 0 Å². The molecule has 0 aliphatic rings. The number of aromatic nitrogens is 2. The molecule has 1 heterocycles. The zero-order valence-electron chi connectivity index (χ0n) is 14.7. The molecule has 138 valence electrons. The Morgan fingerprint density at radius 1 is 1.07 bits per heavy atom. The van der Waals surface area contributed by atoms with Crippen molar-refractivity contribution >= 4 is 23.2 Å². The molecule has 3 rings (SSSR count). The molecule has 1 aromatic heterocycles. The average Bonchev–Trinajstić information content (AvgIpc) is 2.68. The summed E-state index contributed by atoms with van der Waals surface area (Å²) in [6.45, 7) is 0. The van der Waals surface area contributed by atoms with E-state index in [2.05, 4.69) is 20.6 Å². The average molecular weight is 368 g/mol. The second-order valence-corrected chi connectivity index (χ2v) is 5.42. The lowest BCUT2D eigenvalue weighted by Crippen LogP contribution is -2.15. The van der Waals surface area contributed by atoms with Crippen molar-refractivity contribution in [2.24, 2.45) is 0 Å². The highest BCUT2D eigenvalue weighted by molar-refractivity contribution is 6.03. The fraction of sp³-hybridized carbons (Fsp3) is 0.105. The maximum absolute atomic E-state index is 13.3. The smallest absolute Gasteiger partial charge is 0.274 e. The summed E-state index contributed by atoms with van der Waals surface area (Å²) in [6.07, 6.45) is 1.44. The van der Waals surface area contributed by atoms with Gasteiger partial charge in [-0.15, -0.1) is 0 Å². The molecule has 0 saturated heterocycles. The summed E-state index contributed by atoms with van der Waals surface area (Å²) in [7, 11) is 3.04. The van der Waals surface area contributed by atoms with Crippen LogP contribution in [0.15, 0.2) is 54.7 Å². The minimum absolute atomic E-state index is 0.141. The highest BCUT2D eigenvalue weighted by Gasteiger charge is 2.13. The van der Waals surface area contributed by atoms with E-state index in [1.165, 1.54) is 31.5 Å². The number of nitrogens with zero attached hydrogens (tertiary/aromatic N) is 2. The molecule has 0 fully saturated rings. The number of ether oxygens (including phenoxy) is 2. The summed E-state index contributed by atoms with van der Waals surface area (Å²) in [5, 5.41) is 5.59. The van der Waals surface area contributed by atoms with Gasteiger partial charge in [0.1, 0.15) is 23.0 Å². The van der Waals surface area contributed by atoms with E-state index in [0.717, 1.165) is 0 Å². The van der Waals surface area contributed by atoms with Crippen LogP contribution in [0.1, 0.15) is 10.5 Å². The van der Waals surface area contributed by atoms with E-state index in [9.17, 15) is 9.18 Å². The lowest BCUT2D eigenvalue weighted by molar-refractivity contribution is 0.102. The van der Waals surface area contributed by atoms with Crippen molar-refractivity contribution in [3.63, 3.8) is 0 Å². The maximum atomic E-state index is 13.3. The van der Waals surface area contributed by atoms with Gasteiger partial charge in [0.15, 0.2) is 0 Å². The molecular formula is C19H17FN4O3. The Labute approximate surface area is 155 Å². The Bertz CT molecular complexity index is 965. The molecule has 0 saturated carbocycles. The summed E-state index contributed by atoms with van der Waals surface area (Å²) in [6, 6.07) is 12.4. The maximum Gasteiger partial charge on any atom is 0.274 e. The third kappa shape index (κ3) is 4.49. The predicted octanol–water partition coefficient (Wildman–Crippen LogP) is 3.63. The molecule has 2 aromatic carbocycles. The summed E-state index contributed by atoms with van der Waals surface area (Å²) >= 11 is 0. The van der Waals surface area contributed by atoms with Crippen molar-refractivity contribution in [2.45, 2.75) is 0 Å². The summed E-state index contributed by atoms with van der Waals surface area (Å²) < 4.78 is 23.7. The number of hydrogen-bond acceptors (Lipinski definition) is 6. The molecule has 27 heavy (non-hydrogen) atoms. The number of amides is 1. The van der Waals surface area contributed by atoms with Gasteiger partial charge in [-0.25, -0.2) is 14.4 Å². The normalized spacial score (nSPS) is 10.2. The Kier molecular flexibility index (Phi) is 5.46. The molecule has 7 nitrogen and oxygen atoms in total. The molecule has 0 atom stereocenters. The molecule has 1 amide bonds. The molecule has 3 aromatic rings. The topological polar surface area (TPSA) is 85.4 Å². The zero-order valence-corrected chi connectivity index (χ0v) is 14.7. The lowest BCUT2D eigenvalue weighted by Gasteiger charge is -2.12. The molecule has 2 N–H and O–H groups in total. The Hall–Kier alpha value is -3.68. The fourth-order valence-corrected chi connectivity index (χ4v) is 2.33. The molecule has 0 aliphatic heterocycles. The zero-order chi connectivity index (χ0) is 19.2. The Balaban J connectivity index is 1.77. The molecule has 0 radical (unpaired) electrons. The highest BCUT2D eigenvalue weighted by Crippen LogP contribution is 2.29. The Morgan fingerprint density at radius 2 is 1.93 bits per heavy atom. The predicted molar refractivity (Wildman–Crippen MR) is 99.2 cm³/mol. The quantitative estimate of drug-likeness (QED) is 0.691. The highest BCUT2D eigenvalue weighted by atomic mass is 19.1. The molecule has 0 bridgehead atoms. The van der Waals surface area contributed by atoms with Crippen LogP contribution in [0.3, 0.4) is 0 Å². The standard InChI is InChI=1S/C19H17FN4O3/c1-26-14-6-7-15(17(11-14)27-2)23-18(25)16-8-9-21-19(24-16)22-13-5-3-4-12(20)10-13/h3-11H,1-2H3,(H,23,25)(H,21,22,24). The fourth-order valence-electron chi connectivity index (χ4n) is 2.33. The van der Waals surface area contributed by atoms with Crippen molar-refractivity contribution in [2.75, 3.05) is 24.9 Å². The first-order chi connectivity index (χ1) is 13.1. The van der Waals surface area contributed by atoms with Crippen LogP contribution in [0.4, 0.5) is 21.7 Å². The van der Waals surface area contributed by atoms with Gasteiger partial charge in [-0.3, -0.25) is 4.79 Å². The molecule has 0 spiro atoms. The van der Waals surface area contributed by atoms with Gasteiger partial charge in [0.2, 0.25) is 5.95 Å². The first-order valence-corrected chi connectivity index (χ1v) is 7.98. The number of benzene rings is 2. The van der Waals surface area contributed by atoms with Gasteiger partial charge >= 0.3 is 0 Å². The van der Waals surface area contributed by atoms with Crippen molar-refractivity contribution in [1.29, 1.82) is 0 Å². The summed E-state index contributed by atoms with van der Waals surface area (Å²) in [5.41, 5.74) is 1.09. The van der Waals surface area contributed by atoms with Gasteiger partial charge in [0, 0.05) is 18.0 Å². The van der Waals surface area contributed by atoms with Crippen molar-refractivity contribution < 1.29 is 18.7 Å². The van der Waals surface area contributed by atoms with E-state index in [-0.39, 0.29) is 17.5 Å². The van der Waals surface area contributed by atoms with Crippen LogP contribution >= 0.6 is 0 Å². The largest absolute Gasteiger partial charge is 0.497 e. The number of halogens is 1. The van der Waals surface area contributed by atoms with Crippen molar-refractivity contribution in [3.05, 3.63) is 66.2 Å². The van der Waals surface area contributed by atoms with Gasteiger partial charge < -0.3 is 20.1 Å². The first kappa shape index (κ1) is 18.1.